The lowest BCUT2D eigenvalue weighted by Crippen LogP contribution is -2.45. The van der Waals surface area contributed by atoms with Gasteiger partial charge in [0.05, 0.1) is 18.1 Å². The summed E-state index contributed by atoms with van der Waals surface area (Å²) in [5, 5.41) is 6.83. The number of benzene rings is 1. The van der Waals surface area contributed by atoms with Crippen molar-refractivity contribution in [1.29, 1.82) is 0 Å². The summed E-state index contributed by atoms with van der Waals surface area (Å²) in [7, 11) is -2.87. The Hall–Kier alpha value is -0.900. The topological polar surface area (TPSA) is 70.6 Å². The van der Waals surface area contributed by atoms with Crippen molar-refractivity contribution in [2.24, 2.45) is 10.9 Å². The number of hydrogen-bond donors (Lipinski definition) is 2. The maximum atomic E-state index is 13.0. The number of hydrogen-bond acceptors (Lipinski definition) is 3. The van der Waals surface area contributed by atoms with Gasteiger partial charge < -0.3 is 10.6 Å². The minimum absolute atomic E-state index is 0. The molecule has 2 fully saturated rings. The van der Waals surface area contributed by atoms with E-state index >= 15 is 0 Å². The Bertz CT molecular complexity index is 719. The maximum Gasteiger partial charge on any atom is 0.191 e. The first-order valence-electron chi connectivity index (χ1n) is 9.50. The summed E-state index contributed by atoms with van der Waals surface area (Å²) in [5.41, 5.74) is 0.944. The highest BCUT2D eigenvalue weighted by Gasteiger charge is 2.28. The molecule has 1 unspecified atom stereocenters. The first kappa shape index (κ1) is 22.4. The molecule has 1 saturated carbocycles. The van der Waals surface area contributed by atoms with E-state index in [0.29, 0.717) is 25.6 Å². The van der Waals surface area contributed by atoms with Crippen LogP contribution in [0.2, 0.25) is 0 Å². The molecule has 27 heavy (non-hydrogen) atoms. The first-order valence-corrected chi connectivity index (χ1v) is 11.3. The number of halogens is 2. The van der Waals surface area contributed by atoms with Gasteiger partial charge >= 0.3 is 0 Å². The van der Waals surface area contributed by atoms with E-state index in [1.54, 1.807) is 12.1 Å². The summed E-state index contributed by atoms with van der Waals surface area (Å²) >= 11 is 0. The molecular weight excluding hydrogens is 480 g/mol. The Morgan fingerprint density at radius 2 is 1.81 bits per heavy atom. The van der Waals surface area contributed by atoms with E-state index in [9.17, 15) is 12.8 Å². The predicted octanol–water partition coefficient (Wildman–Crippen LogP) is 3.25. The number of nitrogens with one attached hydrogen (secondary N) is 2. The van der Waals surface area contributed by atoms with Crippen molar-refractivity contribution in [2.45, 2.75) is 51.1 Å². The predicted molar refractivity (Wildman–Crippen MR) is 118 cm³/mol. The molecule has 1 atom stereocenters. The molecular formula is C19H29FIN3O2S. The second-order valence-electron chi connectivity index (χ2n) is 7.42. The van der Waals surface area contributed by atoms with Crippen LogP contribution in [0.1, 0.15) is 44.1 Å². The van der Waals surface area contributed by atoms with Crippen molar-refractivity contribution in [3.63, 3.8) is 0 Å². The molecule has 8 heteroatoms. The van der Waals surface area contributed by atoms with Gasteiger partial charge in [-0.3, -0.25) is 0 Å². The number of guanidine groups is 1. The maximum absolute atomic E-state index is 13.0. The molecule has 0 amide bonds. The fourth-order valence-corrected chi connectivity index (χ4v) is 5.49. The van der Waals surface area contributed by atoms with Crippen LogP contribution in [-0.4, -0.2) is 38.5 Å². The zero-order valence-corrected chi connectivity index (χ0v) is 18.6. The third kappa shape index (κ3) is 7.56. The molecule has 0 bridgehead atoms. The van der Waals surface area contributed by atoms with E-state index in [0.717, 1.165) is 24.4 Å². The number of sulfone groups is 1. The van der Waals surface area contributed by atoms with Crippen LogP contribution in [0.25, 0.3) is 0 Å². The average molecular weight is 509 g/mol. The Balaban J connectivity index is 0.00000261. The van der Waals surface area contributed by atoms with Gasteiger partial charge in [0.2, 0.25) is 0 Å². The Morgan fingerprint density at radius 3 is 2.44 bits per heavy atom. The largest absolute Gasteiger partial charge is 0.356 e. The van der Waals surface area contributed by atoms with Gasteiger partial charge in [-0.15, -0.1) is 24.0 Å². The van der Waals surface area contributed by atoms with Gasteiger partial charge in [0.15, 0.2) is 15.8 Å². The lowest BCUT2D eigenvalue weighted by molar-refractivity contribution is 0.408. The summed E-state index contributed by atoms with van der Waals surface area (Å²) in [6.45, 7) is 1.08. The SMILES string of the molecule is I.O=S1(=O)CCC(CNC(=NCc2ccc(F)cc2)NC2CCCCC2)C1. The quantitative estimate of drug-likeness (QED) is 0.363. The smallest absolute Gasteiger partial charge is 0.191 e. The molecule has 1 aliphatic heterocycles. The van der Waals surface area contributed by atoms with Gasteiger partial charge in [-0.2, -0.15) is 0 Å². The zero-order valence-electron chi connectivity index (χ0n) is 15.5. The van der Waals surface area contributed by atoms with Crippen molar-refractivity contribution >= 4 is 39.8 Å². The van der Waals surface area contributed by atoms with E-state index in [1.807, 2.05) is 0 Å². The number of rotatable bonds is 5. The lowest BCUT2D eigenvalue weighted by atomic mass is 9.96. The standard InChI is InChI=1S/C19H28FN3O2S.HI/c20-17-8-6-15(7-9-17)12-21-19(23-18-4-2-1-3-5-18)22-13-16-10-11-26(24,25)14-16;/h6-9,16,18H,1-5,10-14H2,(H2,21,22,23);1H. The Morgan fingerprint density at radius 1 is 1.11 bits per heavy atom. The molecule has 0 aromatic heterocycles. The summed E-state index contributed by atoms with van der Waals surface area (Å²) < 4.78 is 36.3. The fraction of sp³-hybridized carbons (Fsp3) is 0.632. The molecule has 0 radical (unpaired) electrons. The average Bonchev–Trinajstić information content (AvgIpc) is 2.98. The molecule has 2 aliphatic rings. The summed E-state index contributed by atoms with van der Waals surface area (Å²) in [5.74, 6) is 1.17. The van der Waals surface area contributed by atoms with Crippen molar-refractivity contribution in [3.05, 3.63) is 35.6 Å². The van der Waals surface area contributed by atoms with E-state index in [2.05, 4.69) is 15.6 Å². The second kappa shape index (κ2) is 10.6. The minimum Gasteiger partial charge on any atom is -0.356 e. The zero-order chi connectivity index (χ0) is 18.4. The van der Waals surface area contributed by atoms with Crippen molar-refractivity contribution < 1.29 is 12.8 Å². The van der Waals surface area contributed by atoms with E-state index in [1.165, 1.54) is 31.4 Å². The van der Waals surface area contributed by atoms with Crippen LogP contribution in [-0.2, 0) is 16.4 Å². The third-order valence-corrected chi connectivity index (χ3v) is 7.00. The minimum atomic E-state index is -2.87. The van der Waals surface area contributed by atoms with Crippen molar-refractivity contribution in [3.8, 4) is 0 Å². The molecule has 1 aliphatic carbocycles. The van der Waals surface area contributed by atoms with Gasteiger partial charge in [-0.25, -0.2) is 17.8 Å². The van der Waals surface area contributed by atoms with Crippen molar-refractivity contribution in [1.82, 2.24) is 10.6 Å². The Labute approximate surface area is 178 Å². The van der Waals surface area contributed by atoms with Crippen LogP contribution >= 0.6 is 24.0 Å². The molecule has 2 N–H and O–H groups in total. The molecule has 1 aromatic carbocycles. The summed E-state index contributed by atoms with van der Waals surface area (Å²) in [6.07, 6.45) is 6.72. The van der Waals surface area contributed by atoms with Gasteiger partial charge in [0.25, 0.3) is 0 Å². The van der Waals surface area contributed by atoms with E-state index < -0.39 is 9.84 Å². The van der Waals surface area contributed by atoms with Crippen LogP contribution in [0, 0.1) is 11.7 Å². The van der Waals surface area contributed by atoms with Gasteiger partial charge in [-0.1, -0.05) is 31.4 Å². The van der Waals surface area contributed by atoms with E-state index in [-0.39, 0.29) is 47.2 Å². The fourth-order valence-electron chi connectivity index (χ4n) is 3.63. The highest BCUT2D eigenvalue weighted by Crippen LogP contribution is 2.19. The monoisotopic (exact) mass is 509 g/mol. The Kier molecular flexibility index (Phi) is 8.78. The van der Waals surface area contributed by atoms with Crippen LogP contribution in [0.5, 0.6) is 0 Å². The van der Waals surface area contributed by atoms with E-state index in [4.69, 9.17) is 0 Å². The van der Waals surface area contributed by atoms with Crippen molar-refractivity contribution in [2.75, 3.05) is 18.1 Å². The van der Waals surface area contributed by atoms with Crippen LogP contribution < -0.4 is 10.6 Å². The molecule has 1 heterocycles. The van der Waals surface area contributed by atoms with Crippen LogP contribution in [0.4, 0.5) is 4.39 Å². The van der Waals surface area contributed by atoms with Gasteiger partial charge in [0.1, 0.15) is 5.82 Å². The first-order chi connectivity index (χ1) is 12.5. The second-order valence-corrected chi connectivity index (χ2v) is 9.65. The molecule has 3 rings (SSSR count). The number of nitrogens with zero attached hydrogens (tertiary/aromatic N) is 1. The molecule has 152 valence electrons. The van der Waals surface area contributed by atoms with Gasteiger partial charge in [-0.05, 0) is 42.9 Å². The molecule has 1 saturated heterocycles. The summed E-state index contributed by atoms with van der Waals surface area (Å²) in [4.78, 5) is 4.64. The normalized spacial score (nSPS) is 22.9. The third-order valence-electron chi connectivity index (χ3n) is 5.16. The highest BCUT2D eigenvalue weighted by molar-refractivity contribution is 14.0. The highest BCUT2D eigenvalue weighted by atomic mass is 127. The summed E-state index contributed by atoms with van der Waals surface area (Å²) in [6, 6.07) is 6.77. The molecule has 1 aromatic rings. The number of aliphatic imine (C=N–C) groups is 1. The lowest BCUT2D eigenvalue weighted by Gasteiger charge is -2.25. The molecule has 0 spiro atoms. The molecule has 5 nitrogen and oxygen atoms in total. The van der Waals surface area contributed by atoms with Gasteiger partial charge in [0, 0.05) is 12.6 Å². The van der Waals surface area contributed by atoms with Crippen LogP contribution in [0.15, 0.2) is 29.3 Å². The van der Waals surface area contributed by atoms with Crippen LogP contribution in [0.3, 0.4) is 0 Å².